The smallest absolute Gasteiger partial charge is 0.0229 e. The third-order valence-electron chi connectivity index (χ3n) is 2.59. The van der Waals surface area contributed by atoms with Crippen LogP contribution in [0.1, 0.15) is 25.8 Å². The first-order valence-corrected chi connectivity index (χ1v) is 6.87. The molecule has 0 aliphatic carbocycles. The summed E-state index contributed by atoms with van der Waals surface area (Å²) in [5, 5.41) is 3.47. The van der Waals surface area contributed by atoms with Crippen LogP contribution in [0.4, 0.5) is 0 Å². The second-order valence-corrected chi connectivity index (χ2v) is 6.13. The van der Waals surface area contributed by atoms with Gasteiger partial charge in [-0.15, -0.1) is 11.6 Å². The number of halogens is 2. The van der Waals surface area contributed by atoms with Crippen LogP contribution >= 0.6 is 27.5 Å². The molecule has 90 valence electrons. The summed E-state index contributed by atoms with van der Waals surface area (Å²) in [6, 6.07) is 8.37. The van der Waals surface area contributed by atoms with E-state index in [1.165, 1.54) is 5.56 Å². The Labute approximate surface area is 112 Å². The Morgan fingerprint density at radius 3 is 2.75 bits per heavy atom. The molecule has 1 nitrogen and oxygen atoms in total. The van der Waals surface area contributed by atoms with Gasteiger partial charge in [-0.1, -0.05) is 41.9 Å². The highest BCUT2D eigenvalue weighted by atomic mass is 79.9. The zero-order valence-corrected chi connectivity index (χ0v) is 12.2. The van der Waals surface area contributed by atoms with Gasteiger partial charge in [0.05, 0.1) is 0 Å². The Kier molecular flexibility index (Phi) is 5.81. The molecule has 1 aromatic carbocycles. The zero-order chi connectivity index (χ0) is 12.0. The van der Waals surface area contributed by atoms with Crippen LogP contribution < -0.4 is 5.32 Å². The van der Waals surface area contributed by atoms with E-state index in [1.807, 2.05) is 6.07 Å². The van der Waals surface area contributed by atoms with Gasteiger partial charge in [-0.2, -0.15) is 0 Å². The molecule has 0 saturated heterocycles. The minimum absolute atomic E-state index is 0.272. The van der Waals surface area contributed by atoms with Crippen molar-refractivity contribution in [2.75, 3.05) is 12.4 Å². The maximum absolute atomic E-state index is 5.77. The highest BCUT2D eigenvalue weighted by molar-refractivity contribution is 9.10. The highest BCUT2D eigenvalue weighted by Crippen LogP contribution is 2.19. The van der Waals surface area contributed by atoms with E-state index in [1.54, 1.807) is 0 Å². The van der Waals surface area contributed by atoms with Crippen molar-refractivity contribution >= 4 is 27.5 Å². The molecule has 16 heavy (non-hydrogen) atoms. The molecule has 1 N–H and O–H groups in total. The molecule has 0 aliphatic heterocycles. The number of nitrogens with one attached hydrogen (secondary N) is 1. The van der Waals surface area contributed by atoms with Gasteiger partial charge >= 0.3 is 0 Å². The third-order valence-corrected chi connectivity index (χ3v) is 3.28. The summed E-state index contributed by atoms with van der Waals surface area (Å²) >= 11 is 9.24. The summed E-state index contributed by atoms with van der Waals surface area (Å²) in [6.45, 7) is 6.38. The molecule has 1 rings (SSSR count). The molecule has 0 amide bonds. The van der Waals surface area contributed by atoms with Gasteiger partial charge in [0.15, 0.2) is 0 Å². The minimum atomic E-state index is 0.272. The van der Waals surface area contributed by atoms with E-state index in [2.05, 4.69) is 53.3 Å². The molecule has 0 unspecified atom stereocenters. The van der Waals surface area contributed by atoms with Crippen molar-refractivity contribution in [1.29, 1.82) is 0 Å². The molecule has 0 aromatic heterocycles. The van der Waals surface area contributed by atoms with Crippen molar-refractivity contribution in [1.82, 2.24) is 5.32 Å². The summed E-state index contributed by atoms with van der Waals surface area (Å²) < 4.78 is 1.13. The van der Waals surface area contributed by atoms with Crippen LogP contribution in [0.3, 0.4) is 0 Å². The molecule has 0 spiro atoms. The van der Waals surface area contributed by atoms with E-state index in [-0.39, 0.29) is 5.41 Å². The first kappa shape index (κ1) is 14.0. The lowest BCUT2D eigenvalue weighted by Gasteiger charge is -2.23. The van der Waals surface area contributed by atoms with E-state index in [0.29, 0.717) is 0 Å². The highest BCUT2D eigenvalue weighted by Gasteiger charge is 2.15. The molecule has 0 heterocycles. The zero-order valence-electron chi connectivity index (χ0n) is 9.89. The van der Waals surface area contributed by atoms with E-state index in [4.69, 9.17) is 11.6 Å². The number of benzene rings is 1. The molecule has 0 bridgehead atoms. The molecule has 0 radical (unpaired) electrons. The van der Waals surface area contributed by atoms with Crippen molar-refractivity contribution in [2.24, 2.45) is 5.41 Å². The van der Waals surface area contributed by atoms with E-state index < -0.39 is 0 Å². The lowest BCUT2D eigenvalue weighted by atomic mass is 9.90. The summed E-state index contributed by atoms with van der Waals surface area (Å²) in [5.74, 6) is 0.728. The van der Waals surface area contributed by atoms with Gasteiger partial charge in [0.1, 0.15) is 0 Å². The van der Waals surface area contributed by atoms with Gasteiger partial charge in [-0.3, -0.25) is 0 Å². The number of alkyl halides is 1. The first-order valence-electron chi connectivity index (χ1n) is 5.55. The summed E-state index contributed by atoms with van der Waals surface area (Å²) in [4.78, 5) is 0. The van der Waals surface area contributed by atoms with E-state index in [0.717, 1.165) is 29.9 Å². The van der Waals surface area contributed by atoms with Crippen LogP contribution in [0.25, 0.3) is 0 Å². The van der Waals surface area contributed by atoms with Crippen molar-refractivity contribution in [2.45, 2.75) is 26.8 Å². The normalized spacial score (nSPS) is 11.8. The Balaban J connectivity index is 2.35. The number of hydrogen-bond donors (Lipinski definition) is 1. The van der Waals surface area contributed by atoms with Crippen molar-refractivity contribution in [3.05, 3.63) is 34.3 Å². The molecule has 3 heteroatoms. The third kappa shape index (κ3) is 5.33. The lowest BCUT2D eigenvalue weighted by Crippen LogP contribution is -2.29. The van der Waals surface area contributed by atoms with Crippen molar-refractivity contribution in [3.63, 3.8) is 0 Å². The Morgan fingerprint density at radius 1 is 1.38 bits per heavy atom. The topological polar surface area (TPSA) is 12.0 Å². The van der Waals surface area contributed by atoms with Crippen LogP contribution in [0.5, 0.6) is 0 Å². The molecule has 0 atom stereocenters. The molecule has 0 fully saturated rings. The largest absolute Gasteiger partial charge is 0.312 e. The second-order valence-electron chi connectivity index (χ2n) is 4.84. The maximum Gasteiger partial charge on any atom is 0.0229 e. The molecule has 0 aliphatic rings. The maximum atomic E-state index is 5.77. The molecule has 0 saturated carbocycles. The summed E-state index contributed by atoms with van der Waals surface area (Å²) in [5.41, 5.74) is 1.57. The fourth-order valence-electron chi connectivity index (χ4n) is 1.54. The van der Waals surface area contributed by atoms with Crippen LogP contribution in [-0.4, -0.2) is 12.4 Å². The van der Waals surface area contributed by atoms with Crippen LogP contribution in [0.2, 0.25) is 0 Å². The second kappa shape index (κ2) is 6.63. The number of hydrogen-bond acceptors (Lipinski definition) is 1. The predicted octanol–water partition coefficient (Wildman–Crippen LogP) is 4.19. The van der Waals surface area contributed by atoms with Crippen LogP contribution in [-0.2, 0) is 6.54 Å². The molecular formula is C13H19BrClN. The molecular weight excluding hydrogens is 286 g/mol. The predicted molar refractivity (Wildman–Crippen MR) is 75.0 cm³/mol. The fraction of sp³-hybridized carbons (Fsp3) is 0.538. The van der Waals surface area contributed by atoms with Crippen LogP contribution in [0.15, 0.2) is 28.7 Å². The monoisotopic (exact) mass is 303 g/mol. The Hall–Kier alpha value is -0.0500. The molecule has 1 aromatic rings. The van der Waals surface area contributed by atoms with Crippen molar-refractivity contribution < 1.29 is 0 Å². The van der Waals surface area contributed by atoms with E-state index >= 15 is 0 Å². The van der Waals surface area contributed by atoms with Crippen molar-refractivity contribution in [3.8, 4) is 0 Å². The SMILES string of the molecule is CC(C)(CCCl)CNCc1cccc(Br)c1. The van der Waals surface area contributed by atoms with Gasteiger partial charge in [0.25, 0.3) is 0 Å². The minimum Gasteiger partial charge on any atom is -0.312 e. The number of rotatable bonds is 6. The first-order chi connectivity index (χ1) is 7.53. The van der Waals surface area contributed by atoms with E-state index in [9.17, 15) is 0 Å². The Morgan fingerprint density at radius 2 is 2.12 bits per heavy atom. The summed E-state index contributed by atoms with van der Waals surface area (Å²) in [6.07, 6.45) is 1.04. The van der Waals surface area contributed by atoms with Gasteiger partial charge < -0.3 is 5.32 Å². The lowest BCUT2D eigenvalue weighted by molar-refractivity contribution is 0.329. The average molecular weight is 305 g/mol. The van der Waals surface area contributed by atoms with Gasteiger partial charge in [0, 0.05) is 23.4 Å². The Bertz CT molecular complexity index is 325. The summed E-state index contributed by atoms with van der Waals surface area (Å²) in [7, 11) is 0. The van der Waals surface area contributed by atoms with Crippen LogP contribution in [0, 0.1) is 5.41 Å². The van der Waals surface area contributed by atoms with Gasteiger partial charge in [0.2, 0.25) is 0 Å². The quantitative estimate of drug-likeness (QED) is 0.777. The van der Waals surface area contributed by atoms with Gasteiger partial charge in [-0.25, -0.2) is 0 Å². The fourth-order valence-corrected chi connectivity index (χ4v) is 2.49. The standard InChI is InChI=1S/C13H19BrClN/c1-13(2,6-7-15)10-16-9-11-4-3-5-12(14)8-11/h3-5,8,16H,6-7,9-10H2,1-2H3. The average Bonchev–Trinajstić information content (AvgIpc) is 2.17. The van der Waals surface area contributed by atoms with Gasteiger partial charge in [-0.05, 0) is 29.5 Å².